The number of pyridine rings is 1. The van der Waals surface area contributed by atoms with Gasteiger partial charge in [0.15, 0.2) is 0 Å². The Kier molecular flexibility index (Phi) is 5.45. The minimum absolute atomic E-state index is 0.230. The molecule has 0 radical (unpaired) electrons. The third kappa shape index (κ3) is 4.20. The Balaban J connectivity index is 1.78. The number of benzene rings is 1. The van der Waals surface area contributed by atoms with Gasteiger partial charge in [0.05, 0.1) is 11.1 Å². The van der Waals surface area contributed by atoms with E-state index in [1.54, 1.807) is 24.8 Å². The second-order valence-electron chi connectivity index (χ2n) is 8.01. The van der Waals surface area contributed by atoms with E-state index in [1.165, 1.54) is 6.07 Å². The average Bonchev–Trinajstić information content (AvgIpc) is 3.15. The predicted octanol–water partition coefficient (Wildman–Crippen LogP) is 4.50. The maximum Gasteiger partial charge on any atom is 0.416 e. The number of fused-ring (bicyclic) bond motifs is 2. The molecule has 4 aromatic rings. The summed E-state index contributed by atoms with van der Waals surface area (Å²) in [5.74, 6) is -0.0453. The first-order chi connectivity index (χ1) is 15.1. The molecule has 1 aromatic carbocycles. The topological polar surface area (TPSA) is 110 Å². The highest BCUT2D eigenvalue weighted by Gasteiger charge is 2.30. The SMILES string of the molecule is CC(C)CC(Nc1ncc2cncc(-c3c[nH]c4cc(C(F)(F)F)ccc34)c2n1)C(N)=O. The van der Waals surface area contributed by atoms with Crippen molar-refractivity contribution in [2.75, 3.05) is 5.32 Å². The molecule has 7 nitrogen and oxygen atoms in total. The van der Waals surface area contributed by atoms with Gasteiger partial charge in [-0.2, -0.15) is 13.2 Å². The molecule has 4 rings (SSSR count). The number of aromatic nitrogens is 4. The molecule has 10 heteroatoms. The van der Waals surface area contributed by atoms with E-state index in [4.69, 9.17) is 5.73 Å². The summed E-state index contributed by atoms with van der Waals surface area (Å²) in [6.45, 7) is 3.95. The maximum absolute atomic E-state index is 13.1. The maximum atomic E-state index is 13.1. The molecule has 0 saturated carbocycles. The number of amides is 1. The van der Waals surface area contributed by atoms with Crippen molar-refractivity contribution in [3.05, 3.63) is 48.5 Å². The number of halogens is 3. The van der Waals surface area contributed by atoms with Crippen LogP contribution in [0, 0.1) is 5.92 Å². The molecular formula is C22H21F3N6O. The molecule has 32 heavy (non-hydrogen) atoms. The lowest BCUT2D eigenvalue weighted by atomic mass is 10.0. The molecule has 0 bridgehead atoms. The number of H-pyrrole nitrogens is 1. The summed E-state index contributed by atoms with van der Waals surface area (Å²) in [6, 6.07) is 2.91. The molecular weight excluding hydrogens is 421 g/mol. The lowest BCUT2D eigenvalue weighted by molar-refractivity contribution is -0.137. The van der Waals surface area contributed by atoms with Gasteiger partial charge in [-0.25, -0.2) is 9.97 Å². The molecule has 3 heterocycles. The molecule has 1 atom stereocenters. The third-order valence-corrected chi connectivity index (χ3v) is 5.14. The second kappa shape index (κ2) is 8.10. The summed E-state index contributed by atoms with van der Waals surface area (Å²) in [6.07, 6.45) is 2.48. The first kappa shape index (κ1) is 21.5. The summed E-state index contributed by atoms with van der Waals surface area (Å²) >= 11 is 0. The van der Waals surface area contributed by atoms with Crippen molar-refractivity contribution in [3.8, 4) is 11.1 Å². The summed E-state index contributed by atoms with van der Waals surface area (Å²) in [5.41, 5.74) is 6.96. The summed E-state index contributed by atoms with van der Waals surface area (Å²) < 4.78 is 39.2. The Morgan fingerprint density at radius 1 is 1.19 bits per heavy atom. The number of primary amides is 1. The van der Waals surface area contributed by atoms with Crippen LogP contribution in [0.5, 0.6) is 0 Å². The molecule has 0 fully saturated rings. The number of aromatic amines is 1. The molecule has 0 aliphatic carbocycles. The Labute approximate surface area is 181 Å². The number of rotatable bonds is 6. The van der Waals surface area contributed by atoms with E-state index in [1.807, 2.05) is 13.8 Å². The minimum atomic E-state index is -4.43. The average molecular weight is 442 g/mol. The van der Waals surface area contributed by atoms with Gasteiger partial charge < -0.3 is 16.0 Å². The van der Waals surface area contributed by atoms with Crippen molar-refractivity contribution in [2.45, 2.75) is 32.5 Å². The van der Waals surface area contributed by atoms with Crippen molar-refractivity contribution < 1.29 is 18.0 Å². The quantitative estimate of drug-likeness (QED) is 0.407. The van der Waals surface area contributed by atoms with Crippen LogP contribution in [-0.4, -0.2) is 31.9 Å². The minimum Gasteiger partial charge on any atom is -0.368 e. The molecule has 0 saturated heterocycles. The van der Waals surface area contributed by atoms with Crippen molar-refractivity contribution in [2.24, 2.45) is 11.7 Å². The van der Waals surface area contributed by atoms with Gasteiger partial charge in [-0.1, -0.05) is 19.9 Å². The number of nitrogens with two attached hydrogens (primary N) is 1. The van der Waals surface area contributed by atoms with Crippen molar-refractivity contribution in [1.82, 2.24) is 19.9 Å². The Hall–Kier alpha value is -3.69. The largest absolute Gasteiger partial charge is 0.416 e. The number of nitrogens with one attached hydrogen (secondary N) is 2. The van der Waals surface area contributed by atoms with E-state index < -0.39 is 23.7 Å². The molecule has 3 aromatic heterocycles. The zero-order valence-electron chi connectivity index (χ0n) is 17.4. The van der Waals surface area contributed by atoms with Gasteiger partial charge in [-0.05, 0) is 24.5 Å². The fourth-order valence-electron chi connectivity index (χ4n) is 3.62. The number of anilines is 1. The third-order valence-electron chi connectivity index (χ3n) is 5.14. The van der Waals surface area contributed by atoms with Crippen molar-refractivity contribution >= 4 is 33.7 Å². The Morgan fingerprint density at radius 3 is 2.66 bits per heavy atom. The van der Waals surface area contributed by atoms with E-state index in [2.05, 4.69) is 25.3 Å². The predicted molar refractivity (Wildman–Crippen MR) is 116 cm³/mol. The van der Waals surface area contributed by atoms with Crippen LogP contribution in [0.15, 0.2) is 43.0 Å². The zero-order valence-corrected chi connectivity index (χ0v) is 17.4. The van der Waals surface area contributed by atoms with Gasteiger partial charge in [0.1, 0.15) is 6.04 Å². The van der Waals surface area contributed by atoms with Gasteiger partial charge in [-0.3, -0.25) is 9.78 Å². The normalized spacial score (nSPS) is 13.1. The number of hydrogen-bond donors (Lipinski definition) is 3. The molecule has 0 spiro atoms. The smallest absolute Gasteiger partial charge is 0.368 e. The highest BCUT2D eigenvalue weighted by molar-refractivity contribution is 6.03. The van der Waals surface area contributed by atoms with Crippen LogP contribution < -0.4 is 11.1 Å². The zero-order chi connectivity index (χ0) is 23.0. The number of hydrogen-bond acceptors (Lipinski definition) is 5. The van der Waals surface area contributed by atoms with Gasteiger partial charge >= 0.3 is 6.18 Å². The molecule has 1 unspecified atom stereocenters. The van der Waals surface area contributed by atoms with Crippen LogP contribution in [0.3, 0.4) is 0 Å². The number of alkyl halides is 3. The lowest BCUT2D eigenvalue weighted by Crippen LogP contribution is -2.37. The van der Waals surface area contributed by atoms with Crippen LogP contribution in [0.4, 0.5) is 19.1 Å². The Morgan fingerprint density at radius 2 is 1.97 bits per heavy atom. The molecule has 166 valence electrons. The van der Waals surface area contributed by atoms with E-state index in [0.717, 1.165) is 12.1 Å². The van der Waals surface area contributed by atoms with Crippen LogP contribution >= 0.6 is 0 Å². The van der Waals surface area contributed by atoms with Crippen molar-refractivity contribution in [3.63, 3.8) is 0 Å². The first-order valence-corrected chi connectivity index (χ1v) is 9.99. The van der Waals surface area contributed by atoms with E-state index in [-0.39, 0.29) is 11.9 Å². The monoisotopic (exact) mass is 442 g/mol. The van der Waals surface area contributed by atoms with Gasteiger partial charge in [0.25, 0.3) is 0 Å². The molecule has 0 aliphatic heterocycles. The number of carbonyl (C=O) groups is 1. The van der Waals surface area contributed by atoms with Crippen LogP contribution in [-0.2, 0) is 11.0 Å². The van der Waals surface area contributed by atoms with Crippen LogP contribution in [0.25, 0.3) is 32.9 Å². The van der Waals surface area contributed by atoms with Gasteiger partial charge in [0, 0.05) is 52.2 Å². The highest BCUT2D eigenvalue weighted by Crippen LogP contribution is 2.36. The standard InChI is InChI=1S/C22H21F3N6O/c1-11(2)5-18(20(26)32)30-21-29-8-12-7-27-9-16(19(12)31-21)15-10-28-17-6-13(22(23,24)25)3-4-14(15)17/h3-4,6-11,18,28H,5H2,1-2H3,(H2,26,32)(H,29,30,31). The van der Waals surface area contributed by atoms with E-state index >= 15 is 0 Å². The van der Waals surface area contributed by atoms with Crippen LogP contribution in [0.1, 0.15) is 25.8 Å². The Bertz CT molecular complexity index is 1300. The number of nitrogens with zero attached hydrogens (tertiary/aromatic N) is 3. The van der Waals surface area contributed by atoms with Crippen molar-refractivity contribution in [1.29, 1.82) is 0 Å². The molecule has 0 aliphatic rings. The van der Waals surface area contributed by atoms with E-state index in [0.29, 0.717) is 39.4 Å². The fraction of sp³-hybridized carbons (Fsp3) is 0.273. The molecule has 4 N–H and O–H groups in total. The number of carbonyl (C=O) groups excluding carboxylic acids is 1. The second-order valence-corrected chi connectivity index (χ2v) is 8.01. The lowest BCUT2D eigenvalue weighted by Gasteiger charge is -2.17. The fourth-order valence-corrected chi connectivity index (χ4v) is 3.62. The highest BCUT2D eigenvalue weighted by atomic mass is 19.4. The van der Waals surface area contributed by atoms with Gasteiger partial charge in [0.2, 0.25) is 11.9 Å². The summed E-state index contributed by atoms with van der Waals surface area (Å²) in [4.78, 5) is 27.7. The van der Waals surface area contributed by atoms with Crippen LogP contribution in [0.2, 0.25) is 0 Å². The summed E-state index contributed by atoms with van der Waals surface area (Å²) in [5, 5.41) is 4.24. The summed E-state index contributed by atoms with van der Waals surface area (Å²) in [7, 11) is 0. The molecule has 1 amide bonds. The van der Waals surface area contributed by atoms with E-state index in [9.17, 15) is 18.0 Å². The van der Waals surface area contributed by atoms with Gasteiger partial charge in [-0.15, -0.1) is 0 Å². The first-order valence-electron chi connectivity index (χ1n) is 9.99.